The van der Waals surface area contributed by atoms with E-state index in [1.165, 1.54) is 11.4 Å². The first-order valence-corrected chi connectivity index (χ1v) is 7.68. The molecule has 98 valence electrons. The first-order chi connectivity index (χ1) is 8.51. The highest BCUT2D eigenvalue weighted by Gasteiger charge is 2.17. The predicted octanol–water partition coefficient (Wildman–Crippen LogP) is 2.34. The van der Waals surface area contributed by atoms with Gasteiger partial charge in [0.05, 0.1) is 23.1 Å². The molecule has 1 rings (SSSR count). The highest BCUT2D eigenvalue weighted by atomic mass is 35.5. The number of alkyl halides is 1. The molecule has 0 unspecified atom stereocenters. The lowest BCUT2D eigenvalue weighted by Crippen LogP contribution is -2.29. The van der Waals surface area contributed by atoms with Crippen LogP contribution in [0.15, 0.2) is 24.3 Å². The number of nitriles is 1. The van der Waals surface area contributed by atoms with Crippen LogP contribution in [0.4, 0.5) is 5.69 Å². The molecule has 0 N–H and O–H groups in total. The fraction of sp³-hybridized carbons (Fsp3) is 0.417. The Balaban J connectivity index is 2.85. The van der Waals surface area contributed by atoms with Crippen molar-refractivity contribution in [1.29, 1.82) is 5.26 Å². The first-order valence-electron chi connectivity index (χ1n) is 5.54. The van der Waals surface area contributed by atoms with Crippen molar-refractivity contribution in [2.24, 2.45) is 0 Å². The van der Waals surface area contributed by atoms with Gasteiger partial charge in [-0.2, -0.15) is 5.26 Å². The number of anilines is 1. The molecular formula is C12H15ClN2O2S. The highest BCUT2D eigenvalue weighted by Crippen LogP contribution is 2.18. The number of rotatable bonds is 6. The summed E-state index contributed by atoms with van der Waals surface area (Å²) in [5.74, 6) is 0.524. The maximum atomic E-state index is 12.0. The quantitative estimate of drug-likeness (QED) is 0.596. The molecule has 18 heavy (non-hydrogen) atoms. The summed E-state index contributed by atoms with van der Waals surface area (Å²) in [7, 11) is -1.85. The Labute approximate surface area is 113 Å². The minimum absolute atomic E-state index is 0.0625. The summed E-state index contributed by atoms with van der Waals surface area (Å²) in [6.45, 7) is 0. The normalized spacial score (nSPS) is 10.9. The number of benzene rings is 1. The molecule has 0 spiro atoms. The van der Waals surface area contributed by atoms with E-state index in [0.717, 1.165) is 0 Å². The zero-order chi connectivity index (χ0) is 13.6. The van der Waals surface area contributed by atoms with Crippen LogP contribution in [-0.4, -0.2) is 27.1 Å². The van der Waals surface area contributed by atoms with Crippen LogP contribution in [-0.2, 0) is 10.0 Å². The first kappa shape index (κ1) is 14.8. The van der Waals surface area contributed by atoms with Gasteiger partial charge in [0.15, 0.2) is 0 Å². The molecule has 0 bridgehead atoms. The van der Waals surface area contributed by atoms with Gasteiger partial charge in [0.2, 0.25) is 10.0 Å². The standard InChI is InChI=1S/C12H15ClN2O2S/c1-15(18(16,17)8-3-2-7-13)12-6-4-5-11(9-12)10-14/h4-6,9H,2-3,7-8H2,1H3. The summed E-state index contributed by atoms with van der Waals surface area (Å²) in [6, 6.07) is 8.51. The monoisotopic (exact) mass is 286 g/mol. The van der Waals surface area contributed by atoms with E-state index >= 15 is 0 Å². The van der Waals surface area contributed by atoms with E-state index in [2.05, 4.69) is 0 Å². The zero-order valence-electron chi connectivity index (χ0n) is 10.1. The molecule has 4 nitrogen and oxygen atoms in total. The van der Waals surface area contributed by atoms with Gasteiger partial charge in [-0.3, -0.25) is 4.31 Å². The highest BCUT2D eigenvalue weighted by molar-refractivity contribution is 7.92. The molecule has 0 aliphatic carbocycles. The van der Waals surface area contributed by atoms with Crippen molar-refractivity contribution in [3.8, 4) is 6.07 Å². The molecule has 0 saturated heterocycles. The van der Waals surface area contributed by atoms with Gasteiger partial charge < -0.3 is 0 Å². The van der Waals surface area contributed by atoms with Crippen molar-refractivity contribution in [3.05, 3.63) is 29.8 Å². The van der Waals surface area contributed by atoms with Crippen LogP contribution in [0.5, 0.6) is 0 Å². The number of halogens is 1. The van der Waals surface area contributed by atoms with Gasteiger partial charge in [0.25, 0.3) is 0 Å². The Kier molecular flexibility index (Phi) is 5.45. The lowest BCUT2D eigenvalue weighted by atomic mass is 10.2. The molecule has 1 aromatic rings. The minimum atomic E-state index is -3.35. The summed E-state index contributed by atoms with van der Waals surface area (Å²) in [6.07, 6.45) is 1.21. The fourth-order valence-corrected chi connectivity index (χ4v) is 2.91. The predicted molar refractivity (Wildman–Crippen MR) is 73.3 cm³/mol. The van der Waals surface area contributed by atoms with Crippen molar-refractivity contribution in [2.75, 3.05) is 23.0 Å². The summed E-state index contributed by atoms with van der Waals surface area (Å²) < 4.78 is 25.2. The topological polar surface area (TPSA) is 61.2 Å². The third kappa shape index (κ3) is 3.90. The molecule has 6 heteroatoms. The molecule has 1 aromatic carbocycles. The largest absolute Gasteiger partial charge is 0.273 e. The van der Waals surface area contributed by atoms with Crippen molar-refractivity contribution >= 4 is 27.3 Å². The van der Waals surface area contributed by atoms with Crippen LogP contribution in [0.25, 0.3) is 0 Å². The SMILES string of the molecule is CN(c1cccc(C#N)c1)S(=O)(=O)CCCCCl. The van der Waals surface area contributed by atoms with Gasteiger partial charge in [-0.15, -0.1) is 11.6 Å². The summed E-state index contributed by atoms with van der Waals surface area (Å²) in [5.41, 5.74) is 0.940. The van der Waals surface area contributed by atoms with E-state index in [1.807, 2.05) is 6.07 Å². The third-order valence-corrected chi connectivity index (χ3v) is 4.66. The molecule has 0 atom stereocenters. The average molecular weight is 287 g/mol. The second kappa shape index (κ2) is 6.62. The Bertz CT molecular complexity index is 537. The third-order valence-electron chi connectivity index (χ3n) is 2.54. The van der Waals surface area contributed by atoms with Crippen LogP contribution in [0, 0.1) is 11.3 Å². The molecule has 0 fully saturated rings. The second-order valence-electron chi connectivity index (χ2n) is 3.84. The van der Waals surface area contributed by atoms with Gasteiger partial charge in [-0.25, -0.2) is 8.42 Å². The summed E-state index contributed by atoms with van der Waals surface area (Å²) in [4.78, 5) is 0. The maximum Gasteiger partial charge on any atom is 0.234 e. The van der Waals surface area contributed by atoms with Crippen molar-refractivity contribution in [2.45, 2.75) is 12.8 Å². The van der Waals surface area contributed by atoms with E-state index in [0.29, 0.717) is 30.0 Å². The maximum absolute atomic E-state index is 12.0. The zero-order valence-corrected chi connectivity index (χ0v) is 11.7. The van der Waals surface area contributed by atoms with E-state index in [-0.39, 0.29) is 5.75 Å². The van der Waals surface area contributed by atoms with Gasteiger partial charge >= 0.3 is 0 Å². The Morgan fingerprint density at radius 1 is 1.39 bits per heavy atom. The Hall–Kier alpha value is -1.25. The number of nitrogens with zero attached hydrogens (tertiary/aromatic N) is 2. The number of hydrogen-bond donors (Lipinski definition) is 0. The van der Waals surface area contributed by atoms with Crippen LogP contribution in [0.1, 0.15) is 18.4 Å². The van der Waals surface area contributed by atoms with Crippen LogP contribution >= 0.6 is 11.6 Å². The van der Waals surface area contributed by atoms with Crippen LogP contribution < -0.4 is 4.31 Å². The van der Waals surface area contributed by atoms with Crippen LogP contribution in [0.3, 0.4) is 0 Å². The fourth-order valence-electron chi connectivity index (χ4n) is 1.45. The molecular weight excluding hydrogens is 272 g/mol. The summed E-state index contributed by atoms with van der Waals surface area (Å²) >= 11 is 5.52. The molecule has 0 aromatic heterocycles. The number of sulfonamides is 1. The summed E-state index contributed by atoms with van der Waals surface area (Å²) in [5, 5.41) is 8.79. The van der Waals surface area contributed by atoms with Gasteiger partial charge in [0, 0.05) is 12.9 Å². The lowest BCUT2D eigenvalue weighted by Gasteiger charge is -2.19. The second-order valence-corrected chi connectivity index (χ2v) is 6.34. The minimum Gasteiger partial charge on any atom is -0.273 e. The van der Waals surface area contributed by atoms with Gasteiger partial charge in [0.1, 0.15) is 0 Å². The van der Waals surface area contributed by atoms with E-state index < -0.39 is 10.0 Å². The number of unbranched alkanes of at least 4 members (excludes halogenated alkanes) is 1. The van der Waals surface area contributed by atoms with Crippen molar-refractivity contribution in [3.63, 3.8) is 0 Å². The molecule has 0 heterocycles. The average Bonchev–Trinajstić information content (AvgIpc) is 2.38. The molecule has 0 saturated carbocycles. The molecule has 0 radical (unpaired) electrons. The smallest absolute Gasteiger partial charge is 0.234 e. The van der Waals surface area contributed by atoms with Gasteiger partial charge in [-0.05, 0) is 31.0 Å². The van der Waals surface area contributed by atoms with E-state index in [1.54, 1.807) is 24.3 Å². The van der Waals surface area contributed by atoms with Crippen LogP contribution in [0.2, 0.25) is 0 Å². The molecule has 0 amide bonds. The van der Waals surface area contributed by atoms with E-state index in [4.69, 9.17) is 16.9 Å². The van der Waals surface area contributed by atoms with Crippen molar-refractivity contribution in [1.82, 2.24) is 0 Å². The molecule has 0 aliphatic heterocycles. The Morgan fingerprint density at radius 2 is 2.11 bits per heavy atom. The molecule has 0 aliphatic rings. The van der Waals surface area contributed by atoms with E-state index in [9.17, 15) is 8.42 Å². The number of hydrogen-bond acceptors (Lipinski definition) is 3. The van der Waals surface area contributed by atoms with Gasteiger partial charge in [-0.1, -0.05) is 6.07 Å². The lowest BCUT2D eigenvalue weighted by molar-refractivity contribution is 0.591. The van der Waals surface area contributed by atoms with Crippen molar-refractivity contribution < 1.29 is 8.42 Å². The Morgan fingerprint density at radius 3 is 2.72 bits per heavy atom.